The van der Waals surface area contributed by atoms with Crippen LogP contribution in [0.5, 0.6) is 17.2 Å². The lowest BCUT2D eigenvalue weighted by atomic mass is 10.2. The summed E-state index contributed by atoms with van der Waals surface area (Å²) in [6, 6.07) is 15.0. The van der Waals surface area contributed by atoms with Crippen molar-refractivity contribution in [2.45, 2.75) is 20.1 Å². The molecule has 0 saturated heterocycles. The van der Waals surface area contributed by atoms with E-state index in [1.807, 2.05) is 13.0 Å². The van der Waals surface area contributed by atoms with Crippen LogP contribution in [-0.4, -0.2) is 11.7 Å². The second-order valence-corrected chi connectivity index (χ2v) is 7.47. The third-order valence-electron chi connectivity index (χ3n) is 4.20. The van der Waals surface area contributed by atoms with E-state index in [0.29, 0.717) is 35.2 Å². The molecular formula is C22H20BrClFNO3. The van der Waals surface area contributed by atoms with E-state index in [9.17, 15) is 9.50 Å². The minimum absolute atomic E-state index is 0.0108. The van der Waals surface area contributed by atoms with E-state index in [0.717, 1.165) is 15.7 Å². The van der Waals surface area contributed by atoms with Gasteiger partial charge in [0.05, 0.1) is 11.6 Å². The zero-order valence-corrected chi connectivity index (χ0v) is 18.1. The molecule has 0 fully saturated rings. The molecule has 3 rings (SSSR count). The molecule has 0 aliphatic heterocycles. The highest BCUT2D eigenvalue weighted by molar-refractivity contribution is 9.10. The summed E-state index contributed by atoms with van der Waals surface area (Å²) < 4.78 is 26.4. The Hall–Kier alpha value is -2.44. The average Bonchev–Trinajstić information content (AvgIpc) is 2.69. The minimum Gasteiger partial charge on any atom is -0.508 e. The quantitative estimate of drug-likeness (QED) is 0.360. The highest BCUT2D eigenvalue weighted by Crippen LogP contribution is 2.35. The van der Waals surface area contributed by atoms with Gasteiger partial charge in [-0.25, -0.2) is 4.39 Å². The molecule has 29 heavy (non-hydrogen) atoms. The molecule has 152 valence electrons. The highest BCUT2D eigenvalue weighted by Gasteiger charge is 2.14. The van der Waals surface area contributed by atoms with Crippen LogP contribution < -0.4 is 14.8 Å². The Bertz CT molecular complexity index is 962. The Balaban J connectivity index is 1.77. The maximum absolute atomic E-state index is 14.0. The monoisotopic (exact) mass is 479 g/mol. The second kappa shape index (κ2) is 9.85. The van der Waals surface area contributed by atoms with Gasteiger partial charge in [0.2, 0.25) is 0 Å². The second-order valence-electron chi connectivity index (χ2n) is 6.21. The lowest BCUT2D eigenvalue weighted by molar-refractivity contribution is 0.265. The number of phenols is 1. The molecule has 0 atom stereocenters. The van der Waals surface area contributed by atoms with Gasteiger partial charge in [-0.15, -0.1) is 0 Å². The van der Waals surface area contributed by atoms with Gasteiger partial charge >= 0.3 is 0 Å². The first kappa shape index (κ1) is 21.3. The Morgan fingerprint density at radius 2 is 1.79 bits per heavy atom. The van der Waals surface area contributed by atoms with Crippen LogP contribution in [0.25, 0.3) is 0 Å². The van der Waals surface area contributed by atoms with E-state index in [1.54, 1.807) is 42.5 Å². The van der Waals surface area contributed by atoms with Gasteiger partial charge in [-0.1, -0.05) is 33.6 Å². The number of hydrogen-bond donors (Lipinski definition) is 2. The molecule has 0 spiro atoms. The van der Waals surface area contributed by atoms with Crippen molar-refractivity contribution < 1.29 is 19.0 Å². The summed E-state index contributed by atoms with van der Waals surface area (Å²) in [7, 11) is 0. The fourth-order valence-corrected chi connectivity index (χ4v) is 3.37. The lowest BCUT2D eigenvalue weighted by Gasteiger charge is -2.16. The molecule has 7 heteroatoms. The predicted octanol–water partition coefficient (Wildman–Crippen LogP) is 6.54. The molecular weight excluding hydrogens is 461 g/mol. The molecule has 0 heterocycles. The van der Waals surface area contributed by atoms with E-state index >= 15 is 0 Å². The smallest absolute Gasteiger partial charge is 0.162 e. The number of aromatic hydroxyl groups is 1. The summed E-state index contributed by atoms with van der Waals surface area (Å²) in [6.45, 7) is 2.87. The van der Waals surface area contributed by atoms with Crippen LogP contribution in [0.3, 0.4) is 0 Å². The number of nitrogens with one attached hydrogen (secondary N) is 1. The molecule has 3 aromatic carbocycles. The van der Waals surface area contributed by atoms with Crippen LogP contribution in [0.1, 0.15) is 18.1 Å². The fraction of sp³-hybridized carbons (Fsp3) is 0.182. The average molecular weight is 481 g/mol. The first-order valence-electron chi connectivity index (χ1n) is 9.01. The summed E-state index contributed by atoms with van der Waals surface area (Å²) >= 11 is 9.64. The zero-order valence-electron chi connectivity index (χ0n) is 15.7. The maximum atomic E-state index is 14.0. The molecule has 0 aliphatic rings. The van der Waals surface area contributed by atoms with Crippen LogP contribution in [0.4, 0.5) is 10.1 Å². The van der Waals surface area contributed by atoms with Crippen molar-refractivity contribution in [3.05, 3.63) is 81.0 Å². The van der Waals surface area contributed by atoms with Crippen LogP contribution >= 0.6 is 27.5 Å². The first-order valence-corrected chi connectivity index (χ1v) is 10.2. The molecule has 3 aromatic rings. The predicted molar refractivity (Wildman–Crippen MR) is 116 cm³/mol. The van der Waals surface area contributed by atoms with E-state index in [2.05, 4.69) is 21.2 Å². The molecule has 0 aromatic heterocycles. The van der Waals surface area contributed by atoms with Gasteiger partial charge in [-0.2, -0.15) is 0 Å². The zero-order chi connectivity index (χ0) is 20.8. The summed E-state index contributed by atoms with van der Waals surface area (Å²) in [6.07, 6.45) is 0. The summed E-state index contributed by atoms with van der Waals surface area (Å²) in [5.41, 5.74) is 2.13. The molecule has 0 radical (unpaired) electrons. The van der Waals surface area contributed by atoms with Crippen molar-refractivity contribution in [3.63, 3.8) is 0 Å². The van der Waals surface area contributed by atoms with Gasteiger partial charge in [-0.3, -0.25) is 0 Å². The van der Waals surface area contributed by atoms with Gasteiger partial charge in [0.15, 0.2) is 11.5 Å². The van der Waals surface area contributed by atoms with Gasteiger partial charge < -0.3 is 19.9 Å². The van der Waals surface area contributed by atoms with E-state index in [-0.39, 0.29) is 12.4 Å². The molecule has 0 aliphatic carbocycles. The number of hydrogen-bond acceptors (Lipinski definition) is 4. The molecule has 0 saturated carbocycles. The van der Waals surface area contributed by atoms with E-state index in [1.165, 1.54) is 6.07 Å². The van der Waals surface area contributed by atoms with Gasteiger partial charge in [0.25, 0.3) is 0 Å². The SMILES string of the molecule is CCOc1cc(CNc2ccc(O)cc2)c(Br)cc1OCc1c(F)cccc1Cl. The molecule has 0 bridgehead atoms. The van der Waals surface area contributed by atoms with Crippen molar-refractivity contribution in [2.75, 3.05) is 11.9 Å². The van der Waals surface area contributed by atoms with Crippen molar-refractivity contribution in [1.29, 1.82) is 0 Å². The van der Waals surface area contributed by atoms with E-state index < -0.39 is 5.82 Å². The molecule has 0 amide bonds. The topological polar surface area (TPSA) is 50.7 Å². The summed E-state index contributed by atoms with van der Waals surface area (Å²) in [4.78, 5) is 0. The molecule has 4 nitrogen and oxygen atoms in total. The van der Waals surface area contributed by atoms with Gasteiger partial charge in [0, 0.05) is 22.3 Å². The molecule has 2 N–H and O–H groups in total. The van der Waals surface area contributed by atoms with Crippen molar-refractivity contribution >= 4 is 33.2 Å². The number of rotatable bonds is 8. The number of ether oxygens (including phenoxy) is 2. The van der Waals surface area contributed by atoms with Crippen LogP contribution in [-0.2, 0) is 13.2 Å². The number of phenolic OH excluding ortho intramolecular Hbond substituents is 1. The molecule has 0 unspecified atom stereocenters. The normalized spacial score (nSPS) is 10.6. The Labute approximate surface area is 182 Å². The van der Waals surface area contributed by atoms with Crippen molar-refractivity contribution in [3.8, 4) is 17.2 Å². The van der Waals surface area contributed by atoms with Crippen molar-refractivity contribution in [1.82, 2.24) is 0 Å². The van der Waals surface area contributed by atoms with Crippen molar-refractivity contribution in [2.24, 2.45) is 0 Å². The standard InChI is InChI=1S/C22H20BrClFNO3/c1-2-28-21-10-14(12-26-15-6-8-16(27)9-7-15)18(23)11-22(21)29-13-17-19(24)4-3-5-20(17)25/h3-11,26-27H,2,12-13H2,1H3. The largest absolute Gasteiger partial charge is 0.508 e. The lowest BCUT2D eigenvalue weighted by Crippen LogP contribution is -2.05. The van der Waals surface area contributed by atoms with Crippen LogP contribution in [0.2, 0.25) is 5.02 Å². The third kappa shape index (κ3) is 5.55. The number of anilines is 1. The van der Waals surface area contributed by atoms with Crippen LogP contribution in [0.15, 0.2) is 59.1 Å². The Kier molecular flexibility index (Phi) is 7.23. The van der Waals surface area contributed by atoms with Gasteiger partial charge in [-0.05, 0) is 61.0 Å². The maximum Gasteiger partial charge on any atom is 0.162 e. The summed E-state index contributed by atoms with van der Waals surface area (Å²) in [5.74, 6) is 0.855. The number of halogens is 3. The first-order chi connectivity index (χ1) is 14.0. The minimum atomic E-state index is -0.413. The van der Waals surface area contributed by atoms with Crippen LogP contribution in [0, 0.1) is 5.82 Å². The number of benzene rings is 3. The van der Waals surface area contributed by atoms with Gasteiger partial charge in [0.1, 0.15) is 18.2 Å². The Morgan fingerprint density at radius 1 is 1.07 bits per heavy atom. The fourth-order valence-electron chi connectivity index (χ4n) is 2.69. The highest BCUT2D eigenvalue weighted by atomic mass is 79.9. The third-order valence-corrected chi connectivity index (χ3v) is 5.29. The summed E-state index contributed by atoms with van der Waals surface area (Å²) in [5, 5.41) is 13.0. The van der Waals surface area contributed by atoms with E-state index in [4.69, 9.17) is 21.1 Å². The Morgan fingerprint density at radius 3 is 2.48 bits per heavy atom.